The Morgan fingerprint density at radius 2 is 1.66 bits per heavy atom. The van der Waals surface area contributed by atoms with Gasteiger partial charge in [0.25, 0.3) is 15.9 Å². The fourth-order valence-electron chi connectivity index (χ4n) is 3.96. The number of amides is 1. The molecule has 4 aromatic carbocycles. The van der Waals surface area contributed by atoms with Crippen LogP contribution in [0.15, 0.2) is 89.8 Å². The number of rotatable bonds is 5. The van der Waals surface area contributed by atoms with Crippen LogP contribution < -0.4 is 4.72 Å². The van der Waals surface area contributed by atoms with Gasteiger partial charge in [0.15, 0.2) is 0 Å². The molecule has 5 aromatic rings. The van der Waals surface area contributed by atoms with Gasteiger partial charge in [0, 0.05) is 10.6 Å². The van der Waals surface area contributed by atoms with Crippen molar-refractivity contribution >= 4 is 78.9 Å². The molecule has 35 heavy (non-hydrogen) atoms. The number of benzene rings is 4. The zero-order valence-corrected chi connectivity index (χ0v) is 19.8. The van der Waals surface area contributed by atoms with Gasteiger partial charge in [-0.25, -0.2) is 18.1 Å². The van der Waals surface area contributed by atoms with Gasteiger partial charge in [-0.15, -0.1) is 0 Å². The van der Waals surface area contributed by atoms with Crippen LogP contribution in [-0.2, 0) is 16.6 Å². The quantitative estimate of drug-likeness (QED) is 0.346. The molecule has 1 amide bonds. The van der Waals surface area contributed by atoms with E-state index < -0.39 is 15.9 Å². The number of aryl methyl sites for hydroxylation is 1. The number of aromatic nitrogens is 2. The standard InChI is InChI=1S/C26H20ClN3O3S.Na.H/c1-17-28-24-13-11-20(15-25(24)30(17)16-21-8-4-5-9-23(21)27)26(31)29-34(32,33)22-12-10-18-6-2-3-7-19(18)14-22;;/h2-15H,16H2,1H3,(H,29,31);;. The molecule has 1 N–H and O–H groups in total. The molecule has 0 aliphatic rings. The molecule has 0 aliphatic carbocycles. The van der Waals surface area contributed by atoms with E-state index in [1.54, 1.807) is 30.3 Å². The van der Waals surface area contributed by atoms with Crippen LogP contribution in [0, 0.1) is 6.92 Å². The summed E-state index contributed by atoms with van der Waals surface area (Å²) in [6.45, 7) is 2.35. The van der Waals surface area contributed by atoms with Crippen LogP contribution in [0.5, 0.6) is 0 Å². The summed E-state index contributed by atoms with van der Waals surface area (Å²) in [5, 5.41) is 2.33. The number of carbonyl (C=O) groups excluding carboxylic acids is 1. The van der Waals surface area contributed by atoms with Crippen molar-refractivity contribution in [1.82, 2.24) is 14.3 Å². The SMILES string of the molecule is Cc1nc2ccc(C(=O)NS(=O)(=O)c3ccc4ccccc4c3)cc2n1Cc1ccccc1Cl.[NaH]. The number of fused-ring (bicyclic) bond motifs is 2. The molecule has 0 radical (unpaired) electrons. The first-order valence-corrected chi connectivity index (χ1v) is 12.4. The van der Waals surface area contributed by atoms with Gasteiger partial charge < -0.3 is 4.57 Å². The van der Waals surface area contributed by atoms with Gasteiger partial charge in [0.2, 0.25) is 0 Å². The molecule has 0 spiro atoms. The normalized spacial score (nSPS) is 11.4. The number of hydrogen-bond donors (Lipinski definition) is 1. The van der Waals surface area contributed by atoms with Crippen molar-refractivity contribution in [2.24, 2.45) is 0 Å². The second kappa shape index (κ2) is 10.1. The van der Waals surface area contributed by atoms with Gasteiger partial charge in [-0.1, -0.05) is 60.1 Å². The van der Waals surface area contributed by atoms with Crippen molar-refractivity contribution in [3.63, 3.8) is 0 Å². The van der Waals surface area contributed by atoms with E-state index in [2.05, 4.69) is 9.71 Å². The van der Waals surface area contributed by atoms with Gasteiger partial charge in [-0.05, 0) is 59.7 Å². The van der Waals surface area contributed by atoms with E-state index in [1.165, 1.54) is 6.07 Å². The van der Waals surface area contributed by atoms with Crippen LogP contribution in [0.1, 0.15) is 21.7 Å². The molecule has 0 saturated heterocycles. The van der Waals surface area contributed by atoms with Crippen molar-refractivity contribution in [3.05, 3.63) is 107 Å². The maximum absolute atomic E-state index is 12.9. The summed E-state index contributed by atoms with van der Waals surface area (Å²) in [6.07, 6.45) is 0. The fraction of sp³-hybridized carbons (Fsp3) is 0.0769. The molecule has 0 saturated carbocycles. The third-order valence-corrected chi connectivity index (χ3v) is 7.44. The number of hydrogen-bond acceptors (Lipinski definition) is 4. The van der Waals surface area contributed by atoms with E-state index in [0.29, 0.717) is 22.6 Å². The molecule has 0 aliphatic heterocycles. The Balaban J connectivity index is 0.00000289. The molecule has 5 rings (SSSR count). The molecule has 0 atom stereocenters. The number of nitrogens with zero attached hydrogens (tertiary/aromatic N) is 2. The minimum absolute atomic E-state index is 0. The molecule has 0 bridgehead atoms. The summed E-state index contributed by atoms with van der Waals surface area (Å²) < 4.78 is 30.0. The van der Waals surface area contributed by atoms with Gasteiger partial charge >= 0.3 is 29.6 Å². The summed E-state index contributed by atoms with van der Waals surface area (Å²) in [7, 11) is -4.05. The van der Waals surface area contributed by atoms with E-state index in [-0.39, 0.29) is 40.0 Å². The predicted molar refractivity (Wildman–Crippen MR) is 141 cm³/mol. The molecular formula is C26H21ClN3NaO3S. The first-order valence-electron chi connectivity index (χ1n) is 10.6. The van der Waals surface area contributed by atoms with Gasteiger partial charge in [-0.2, -0.15) is 0 Å². The number of imidazole rings is 1. The molecule has 0 fully saturated rings. The molecule has 9 heteroatoms. The second-order valence-corrected chi connectivity index (χ2v) is 10.1. The molecule has 172 valence electrons. The number of halogens is 1. The van der Waals surface area contributed by atoms with Crippen molar-refractivity contribution in [2.45, 2.75) is 18.4 Å². The Labute approximate surface area is 230 Å². The monoisotopic (exact) mass is 513 g/mol. The van der Waals surface area contributed by atoms with E-state index in [4.69, 9.17) is 11.6 Å². The topological polar surface area (TPSA) is 81.1 Å². The summed E-state index contributed by atoms with van der Waals surface area (Å²) in [4.78, 5) is 17.5. The van der Waals surface area contributed by atoms with Crippen LogP contribution >= 0.6 is 11.6 Å². The van der Waals surface area contributed by atoms with Crippen molar-refractivity contribution < 1.29 is 13.2 Å². The van der Waals surface area contributed by atoms with Crippen molar-refractivity contribution in [1.29, 1.82) is 0 Å². The average Bonchev–Trinajstić information content (AvgIpc) is 3.14. The van der Waals surface area contributed by atoms with E-state index in [1.807, 2.05) is 60.0 Å². The molecule has 1 aromatic heterocycles. The molecule has 0 unspecified atom stereocenters. The van der Waals surface area contributed by atoms with E-state index in [9.17, 15) is 13.2 Å². The van der Waals surface area contributed by atoms with Gasteiger partial charge in [0.05, 0.1) is 22.5 Å². The Kier molecular flexibility index (Phi) is 7.35. The second-order valence-electron chi connectivity index (χ2n) is 7.98. The first-order chi connectivity index (χ1) is 16.3. The van der Waals surface area contributed by atoms with Crippen LogP contribution in [0.2, 0.25) is 5.02 Å². The van der Waals surface area contributed by atoms with Crippen LogP contribution in [-0.4, -0.2) is 53.4 Å². The van der Waals surface area contributed by atoms with Crippen LogP contribution in [0.4, 0.5) is 0 Å². The number of sulfonamides is 1. The van der Waals surface area contributed by atoms with Crippen LogP contribution in [0.25, 0.3) is 21.8 Å². The Bertz CT molecular complexity index is 1680. The zero-order chi connectivity index (χ0) is 23.9. The molecule has 6 nitrogen and oxygen atoms in total. The predicted octanol–water partition coefficient (Wildman–Crippen LogP) is 4.67. The summed E-state index contributed by atoms with van der Waals surface area (Å²) in [5.41, 5.74) is 2.56. The number of nitrogens with one attached hydrogen (secondary N) is 1. The Morgan fingerprint density at radius 1 is 0.943 bits per heavy atom. The van der Waals surface area contributed by atoms with Crippen LogP contribution in [0.3, 0.4) is 0 Å². The summed E-state index contributed by atoms with van der Waals surface area (Å²) >= 11 is 6.33. The zero-order valence-electron chi connectivity index (χ0n) is 18.2. The fourth-order valence-corrected chi connectivity index (χ4v) is 5.16. The van der Waals surface area contributed by atoms with E-state index in [0.717, 1.165) is 22.2 Å². The first kappa shape index (κ1) is 25.4. The molecule has 1 heterocycles. The average molecular weight is 514 g/mol. The van der Waals surface area contributed by atoms with E-state index >= 15 is 0 Å². The Hall–Kier alpha value is -2.68. The third kappa shape index (κ3) is 5.15. The number of carbonyl (C=O) groups is 1. The third-order valence-electron chi connectivity index (χ3n) is 5.75. The van der Waals surface area contributed by atoms with Crippen molar-refractivity contribution in [3.8, 4) is 0 Å². The van der Waals surface area contributed by atoms with Gasteiger partial charge in [-0.3, -0.25) is 4.79 Å². The maximum atomic E-state index is 12.9. The Morgan fingerprint density at radius 3 is 2.43 bits per heavy atom. The minimum atomic E-state index is -4.05. The summed E-state index contributed by atoms with van der Waals surface area (Å²) in [5.74, 6) is 0.0504. The molecular weight excluding hydrogens is 493 g/mol. The van der Waals surface area contributed by atoms with Gasteiger partial charge in [0.1, 0.15) is 5.82 Å². The summed E-state index contributed by atoms with van der Waals surface area (Å²) in [6, 6.07) is 24.7. The van der Waals surface area contributed by atoms with Crippen molar-refractivity contribution in [2.75, 3.05) is 0 Å².